The van der Waals surface area contributed by atoms with E-state index >= 15 is 0 Å². The number of para-hydroxylation sites is 1. The van der Waals surface area contributed by atoms with E-state index in [1.807, 2.05) is 34.9 Å². The van der Waals surface area contributed by atoms with Gasteiger partial charge in [-0.05, 0) is 61.4 Å². The monoisotopic (exact) mass is 331 g/mol. The number of fused-ring (bicyclic) bond motifs is 1. The fourth-order valence-corrected chi connectivity index (χ4v) is 3.05. The quantitative estimate of drug-likeness (QED) is 0.537. The molecule has 3 nitrogen and oxygen atoms in total. The molecule has 2 aromatic heterocycles. The first-order valence-electron chi connectivity index (χ1n) is 8.20. The van der Waals surface area contributed by atoms with Gasteiger partial charge in [-0.15, -0.1) is 0 Å². The summed E-state index contributed by atoms with van der Waals surface area (Å²) >= 11 is 0. The van der Waals surface area contributed by atoms with Crippen LogP contribution < -0.4 is 5.32 Å². The van der Waals surface area contributed by atoms with E-state index in [0.717, 1.165) is 39.5 Å². The van der Waals surface area contributed by atoms with Gasteiger partial charge in [0.25, 0.3) is 0 Å². The molecule has 4 aromatic rings. The number of aryl methyl sites for hydroxylation is 2. The van der Waals surface area contributed by atoms with Crippen molar-refractivity contribution in [3.05, 3.63) is 83.8 Å². The SMILES string of the molecule is Cc1cccc(C)c1Nc1c(-c2ccc(F)cc2)nc2ccccn12. The lowest BCUT2D eigenvalue weighted by atomic mass is 10.1. The molecule has 0 aliphatic carbocycles. The van der Waals surface area contributed by atoms with Gasteiger partial charge in [-0.3, -0.25) is 4.40 Å². The summed E-state index contributed by atoms with van der Waals surface area (Å²) in [5, 5.41) is 3.55. The zero-order chi connectivity index (χ0) is 17.4. The molecule has 0 atom stereocenters. The standard InChI is InChI=1S/C21H18FN3/c1-14-6-5-7-15(2)19(14)24-21-20(16-9-11-17(22)12-10-16)23-18-8-3-4-13-25(18)21/h3-13,24H,1-2H3. The number of halogens is 1. The van der Waals surface area contributed by atoms with Crippen LogP contribution in [0.3, 0.4) is 0 Å². The lowest BCUT2D eigenvalue weighted by molar-refractivity contribution is 0.628. The summed E-state index contributed by atoms with van der Waals surface area (Å²) in [5.41, 5.74) is 5.91. The third-order valence-corrected chi connectivity index (χ3v) is 4.37. The zero-order valence-electron chi connectivity index (χ0n) is 14.1. The predicted octanol–water partition coefficient (Wildman–Crippen LogP) is 5.50. The number of aromatic nitrogens is 2. The lowest BCUT2D eigenvalue weighted by Crippen LogP contribution is -2.00. The minimum absolute atomic E-state index is 0.253. The Morgan fingerprint density at radius 3 is 2.32 bits per heavy atom. The Morgan fingerprint density at radius 2 is 1.60 bits per heavy atom. The van der Waals surface area contributed by atoms with Gasteiger partial charge in [0.15, 0.2) is 0 Å². The molecule has 0 unspecified atom stereocenters. The van der Waals surface area contributed by atoms with Gasteiger partial charge in [0, 0.05) is 17.4 Å². The van der Waals surface area contributed by atoms with Crippen LogP contribution in [0.25, 0.3) is 16.9 Å². The number of nitrogens with zero attached hydrogens (tertiary/aromatic N) is 2. The summed E-state index contributed by atoms with van der Waals surface area (Å²) < 4.78 is 15.3. The van der Waals surface area contributed by atoms with Crippen molar-refractivity contribution in [2.75, 3.05) is 5.32 Å². The van der Waals surface area contributed by atoms with Crippen molar-refractivity contribution in [1.29, 1.82) is 0 Å². The molecule has 0 saturated carbocycles. The molecule has 2 heterocycles. The molecule has 0 saturated heterocycles. The Bertz CT molecular complexity index is 1030. The summed E-state index contributed by atoms with van der Waals surface area (Å²) in [6, 6.07) is 18.5. The van der Waals surface area contributed by atoms with Crippen molar-refractivity contribution in [2.24, 2.45) is 0 Å². The van der Waals surface area contributed by atoms with Gasteiger partial charge in [-0.1, -0.05) is 24.3 Å². The van der Waals surface area contributed by atoms with Crippen LogP contribution in [-0.4, -0.2) is 9.38 Å². The summed E-state index contributed by atoms with van der Waals surface area (Å²) in [7, 11) is 0. The van der Waals surface area contributed by atoms with E-state index in [0.29, 0.717) is 0 Å². The maximum absolute atomic E-state index is 13.3. The third-order valence-electron chi connectivity index (χ3n) is 4.37. The molecule has 0 amide bonds. The van der Waals surface area contributed by atoms with E-state index in [2.05, 4.69) is 31.3 Å². The van der Waals surface area contributed by atoms with Crippen molar-refractivity contribution in [3.63, 3.8) is 0 Å². The Balaban J connectivity index is 1.92. The molecule has 0 spiro atoms. The molecule has 2 aromatic carbocycles. The minimum Gasteiger partial charge on any atom is -0.339 e. The number of hydrogen-bond donors (Lipinski definition) is 1. The first kappa shape index (κ1) is 15.4. The molecule has 0 fully saturated rings. The number of nitrogens with one attached hydrogen (secondary N) is 1. The van der Waals surface area contributed by atoms with Gasteiger partial charge in [-0.25, -0.2) is 9.37 Å². The topological polar surface area (TPSA) is 29.3 Å². The minimum atomic E-state index is -0.253. The summed E-state index contributed by atoms with van der Waals surface area (Å²) in [6.45, 7) is 4.16. The number of benzene rings is 2. The van der Waals surface area contributed by atoms with Gasteiger partial charge < -0.3 is 5.32 Å². The normalized spacial score (nSPS) is 11.0. The number of anilines is 2. The van der Waals surface area contributed by atoms with E-state index in [1.165, 1.54) is 12.1 Å². The van der Waals surface area contributed by atoms with Gasteiger partial charge in [0.2, 0.25) is 0 Å². The molecule has 0 aliphatic rings. The van der Waals surface area contributed by atoms with Crippen molar-refractivity contribution in [1.82, 2.24) is 9.38 Å². The largest absolute Gasteiger partial charge is 0.339 e. The van der Waals surface area contributed by atoms with Gasteiger partial charge in [0.1, 0.15) is 23.0 Å². The first-order chi connectivity index (χ1) is 12.1. The molecule has 124 valence electrons. The molecule has 0 bridgehead atoms. The average molecular weight is 331 g/mol. The van der Waals surface area contributed by atoms with Crippen LogP contribution in [0.5, 0.6) is 0 Å². The summed E-state index contributed by atoms with van der Waals surface area (Å²) in [5.74, 6) is 0.622. The van der Waals surface area contributed by atoms with Crippen LogP contribution in [0.4, 0.5) is 15.9 Å². The molecule has 4 heteroatoms. The number of rotatable bonds is 3. The summed E-state index contributed by atoms with van der Waals surface area (Å²) in [4.78, 5) is 4.75. The summed E-state index contributed by atoms with van der Waals surface area (Å²) in [6.07, 6.45) is 1.98. The second-order valence-corrected chi connectivity index (χ2v) is 6.14. The molecule has 0 radical (unpaired) electrons. The molecular weight excluding hydrogens is 313 g/mol. The molecular formula is C21H18FN3. The number of hydrogen-bond acceptors (Lipinski definition) is 2. The van der Waals surface area contributed by atoms with Gasteiger partial charge in [-0.2, -0.15) is 0 Å². The Labute approximate surface area is 145 Å². The van der Waals surface area contributed by atoms with E-state index in [-0.39, 0.29) is 5.82 Å². The Morgan fingerprint density at radius 1 is 0.880 bits per heavy atom. The Kier molecular flexibility index (Phi) is 3.73. The maximum Gasteiger partial charge on any atom is 0.143 e. The highest BCUT2D eigenvalue weighted by molar-refractivity contribution is 5.81. The highest BCUT2D eigenvalue weighted by Crippen LogP contribution is 2.33. The highest BCUT2D eigenvalue weighted by atomic mass is 19.1. The highest BCUT2D eigenvalue weighted by Gasteiger charge is 2.15. The van der Waals surface area contributed by atoms with Crippen LogP contribution in [-0.2, 0) is 0 Å². The predicted molar refractivity (Wildman–Crippen MR) is 99.8 cm³/mol. The van der Waals surface area contributed by atoms with Crippen LogP contribution in [0.1, 0.15) is 11.1 Å². The second kappa shape index (κ2) is 6.06. The fourth-order valence-electron chi connectivity index (χ4n) is 3.05. The zero-order valence-corrected chi connectivity index (χ0v) is 14.1. The van der Waals surface area contributed by atoms with Gasteiger partial charge in [0.05, 0.1) is 0 Å². The lowest BCUT2D eigenvalue weighted by Gasteiger charge is -2.14. The van der Waals surface area contributed by atoms with Crippen molar-refractivity contribution >= 4 is 17.2 Å². The van der Waals surface area contributed by atoms with E-state index in [1.54, 1.807) is 12.1 Å². The third kappa shape index (κ3) is 2.76. The number of pyridine rings is 1. The van der Waals surface area contributed by atoms with Gasteiger partial charge >= 0.3 is 0 Å². The van der Waals surface area contributed by atoms with E-state index in [9.17, 15) is 4.39 Å². The Hall–Kier alpha value is -3.14. The van der Waals surface area contributed by atoms with E-state index < -0.39 is 0 Å². The number of imidazole rings is 1. The van der Waals surface area contributed by atoms with Crippen molar-refractivity contribution in [3.8, 4) is 11.3 Å². The van der Waals surface area contributed by atoms with E-state index in [4.69, 9.17) is 4.98 Å². The van der Waals surface area contributed by atoms with Crippen molar-refractivity contribution < 1.29 is 4.39 Å². The maximum atomic E-state index is 13.3. The smallest absolute Gasteiger partial charge is 0.143 e. The molecule has 1 N–H and O–H groups in total. The second-order valence-electron chi connectivity index (χ2n) is 6.14. The van der Waals surface area contributed by atoms with Crippen LogP contribution in [0.2, 0.25) is 0 Å². The van der Waals surface area contributed by atoms with Crippen LogP contribution >= 0.6 is 0 Å². The first-order valence-corrected chi connectivity index (χ1v) is 8.20. The van der Waals surface area contributed by atoms with Crippen molar-refractivity contribution in [2.45, 2.75) is 13.8 Å². The van der Waals surface area contributed by atoms with Crippen LogP contribution in [0.15, 0.2) is 66.9 Å². The average Bonchev–Trinajstić information content (AvgIpc) is 2.97. The molecule has 4 rings (SSSR count). The molecule has 25 heavy (non-hydrogen) atoms. The molecule has 0 aliphatic heterocycles. The fraction of sp³-hybridized carbons (Fsp3) is 0.0952. The van der Waals surface area contributed by atoms with Crippen LogP contribution in [0, 0.1) is 19.7 Å².